The molecule has 1 aromatic rings. The Hall–Kier alpha value is -1.04. The normalized spacial score (nSPS) is 15.0. The lowest BCUT2D eigenvalue weighted by Gasteiger charge is -2.19. The monoisotopic (exact) mass is 186 g/mol. The van der Waals surface area contributed by atoms with Gasteiger partial charge in [0.1, 0.15) is 0 Å². The van der Waals surface area contributed by atoms with Gasteiger partial charge in [-0.3, -0.25) is 0 Å². The van der Waals surface area contributed by atoms with Crippen LogP contribution in [0.4, 0.5) is 0 Å². The topological polar surface area (TPSA) is 0 Å². The van der Waals surface area contributed by atoms with Crippen LogP contribution in [-0.2, 0) is 6.42 Å². The van der Waals surface area contributed by atoms with Crippen molar-refractivity contribution in [3.8, 4) is 0 Å². The Bertz CT molecular complexity index is 409. The minimum atomic E-state index is 1.22. The molecule has 0 nitrogen and oxygen atoms in total. The van der Waals surface area contributed by atoms with Crippen molar-refractivity contribution in [3.05, 3.63) is 39.5 Å². The van der Waals surface area contributed by atoms with Crippen molar-refractivity contribution < 1.29 is 0 Å². The van der Waals surface area contributed by atoms with Gasteiger partial charge >= 0.3 is 0 Å². The van der Waals surface area contributed by atoms with E-state index in [9.17, 15) is 0 Å². The molecular formula is C14H18. The third-order valence-corrected chi connectivity index (χ3v) is 3.47. The zero-order valence-corrected chi connectivity index (χ0v) is 9.57. The molecule has 0 saturated heterocycles. The number of allylic oxidation sites excluding steroid dienone is 1. The Morgan fingerprint density at radius 1 is 0.929 bits per heavy atom. The van der Waals surface area contributed by atoms with Gasteiger partial charge in [-0.05, 0) is 68.4 Å². The maximum Gasteiger partial charge on any atom is -0.0193 e. The Morgan fingerprint density at radius 3 is 2.36 bits per heavy atom. The molecule has 14 heavy (non-hydrogen) atoms. The second-order valence-electron chi connectivity index (χ2n) is 4.51. The van der Waals surface area contributed by atoms with Crippen molar-refractivity contribution in [2.75, 3.05) is 0 Å². The fourth-order valence-electron chi connectivity index (χ4n) is 2.24. The van der Waals surface area contributed by atoms with E-state index in [0.29, 0.717) is 0 Å². The van der Waals surface area contributed by atoms with Crippen molar-refractivity contribution in [3.63, 3.8) is 0 Å². The van der Waals surface area contributed by atoms with Gasteiger partial charge in [0, 0.05) is 0 Å². The van der Waals surface area contributed by atoms with Crippen LogP contribution in [0.25, 0.3) is 6.08 Å². The first-order chi connectivity index (χ1) is 6.59. The molecule has 0 radical (unpaired) electrons. The average Bonchev–Trinajstić information content (AvgIpc) is 2.16. The van der Waals surface area contributed by atoms with Crippen molar-refractivity contribution >= 4 is 6.08 Å². The molecule has 0 N–H and O–H groups in total. The van der Waals surface area contributed by atoms with Gasteiger partial charge in [-0.1, -0.05) is 17.7 Å². The minimum absolute atomic E-state index is 1.22. The summed E-state index contributed by atoms with van der Waals surface area (Å²) >= 11 is 0. The van der Waals surface area contributed by atoms with E-state index >= 15 is 0 Å². The Morgan fingerprint density at radius 2 is 1.64 bits per heavy atom. The summed E-state index contributed by atoms with van der Waals surface area (Å²) in [5, 5.41) is 0. The predicted molar refractivity (Wildman–Crippen MR) is 62.6 cm³/mol. The Balaban J connectivity index is 2.68. The summed E-state index contributed by atoms with van der Waals surface area (Å²) in [4.78, 5) is 0. The number of rotatable bonds is 0. The molecule has 0 aliphatic heterocycles. The van der Waals surface area contributed by atoms with E-state index in [0.717, 1.165) is 0 Å². The Labute approximate surface area is 86.7 Å². The molecule has 0 fully saturated rings. The van der Waals surface area contributed by atoms with Gasteiger partial charge in [-0.2, -0.15) is 0 Å². The summed E-state index contributed by atoms with van der Waals surface area (Å²) < 4.78 is 0. The lowest BCUT2D eigenvalue weighted by atomic mass is 9.86. The van der Waals surface area contributed by atoms with Crippen molar-refractivity contribution in [2.45, 2.75) is 40.5 Å². The van der Waals surface area contributed by atoms with Crippen LogP contribution in [0.2, 0.25) is 0 Å². The van der Waals surface area contributed by atoms with Crippen LogP contribution in [0.3, 0.4) is 0 Å². The molecule has 1 aromatic carbocycles. The van der Waals surface area contributed by atoms with Gasteiger partial charge in [0.05, 0.1) is 0 Å². The fourth-order valence-corrected chi connectivity index (χ4v) is 2.24. The quantitative estimate of drug-likeness (QED) is 0.575. The first-order valence-corrected chi connectivity index (χ1v) is 5.36. The molecule has 74 valence electrons. The summed E-state index contributed by atoms with van der Waals surface area (Å²) in [6.07, 6.45) is 4.81. The lowest BCUT2D eigenvalue weighted by molar-refractivity contribution is 0.919. The smallest absolute Gasteiger partial charge is 0.0193 e. The van der Waals surface area contributed by atoms with Crippen LogP contribution in [0, 0.1) is 20.8 Å². The minimum Gasteiger partial charge on any atom is -0.0724 e. The molecule has 0 bridgehead atoms. The second kappa shape index (κ2) is 3.27. The number of hydrogen-bond acceptors (Lipinski definition) is 0. The molecule has 0 amide bonds. The molecule has 0 unspecified atom stereocenters. The predicted octanol–water partition coefficient (Wildman–Crippen LogP) is 3.96. The number of fused-ring (bicyclic) bond motifs is 1. The highest BCUT2D eigenvalue weighted by atomic mass is 14.2. The molecule has 0 heteroatoms. The molecule has 0 spiro atoms. The standard InChI is InChI=1S/C14H18/c1-9-5-6-13-8-10(2)11(3)12(4)14(13)7-9/h7-8H,5-6H2,1-4H3. The van der Waals surface area contributed by atoms with Crippen molar-refractivity contribution in [1.29, 1.82) is 0 Å². The zero-order chi connectivity index (χ0) is 10.3. The van der Waals surface area contributed by atoms with Crippen molar-refractivity contribution in [2.24, 2.45) is 0 Å². The van der Waals surface area contributed by atoms with Crippen LogP contribution < -0.4 is 0 Å². The largest absolute Gasteiger partial charge is 0.0724 e. The molecule has 1 aliphatic carbocycles. The van der Waals surface area contributed by atoms with E-state index in [1.807, 2.05) is 0 Å². The van der Waals surface area contributed by atoms with Crippen LogP contribution in [0.5, 0.6) is 0 Å². The van der Waals surface area contributed by atoms with Gasteiger partial charge in [0.15, 0.2) is 0 Å². The number of hydrogen-bond donors (Lipinski definition) is 0. The van der Waals surface area contributed by atoms with Gasteiger partial charge in [-0.15, -0.1) is 0 Å². The van der Waals surface area contributed by atoms with Crippen LogP contribution in [0.15, 0.2) is 11.6 Å². The summed E-state index contributed by atoms with van der Waals surface area (Å²) in [5.41, 5.74) is 8.90. The first kappa shape index (κ1) is 9.51. The van der Waals surface area contributed by atoms with Crippen molar-refractivity contribution in [1.82, 2.24) is 0 Å². The molecule has 0 aromatic heterocycles. The first-order valence-electron chi connectivity index (χ1n) is 5.36. The molecule has 1 aliphatic rings. The van der Waals surface area contributed by atoms with Gasteiger partial charge in [-0.25, -0.2) is 0 Å². The Kier molecular flexibility index (Phi) is 2.22. The number of benzene rings is 1. The molecule has 0 saturated carbocycles. The van der Waals surface area contributed by atoms with Gasteiger partial charge in [0.2, 0.25) is 0 Å². The summed E-state index contributed by atoms with van der Waals surface area (Å²) in [5.74, 6) is 0. The highest BCUT2D eigenvalue weighted by molar-refractivity contribution is 5.65. The molecule has 2 rings (SSSR count). The summed E-state index contributed by atoms with van der Waals surface area (Å²) in [6, 6.07) is 2.36. The third-order valence-electron chi connectivity index (χ3n) is 3.47. The average molecular weight is 186 g/mol. The van der Waals surface area contributed by atoms with Gasteiger partial charge in [0.25, 0.3) is 0 Å². The summed E-state index contributed by atoms with van der Waals surface area (Å²) in [6.45, 7) is 8.92. The van der Waals surface area contributed by atoms with E-state index < -0.39 is 0 Å². The van der Waals surface area contributed by atoms with Crippen LogP contribution in [0.1, 0.15) is 41.2 Å². The SMILES string of the molecule is CC1=Cc2c(cc(C)c(C)c2C)CC1. The third kappa shape index (κ3) is 1.39. The maximum absolute atomic E-state index is 2.36. The van der Waals surface area contributed by atoms with E-state index in [2.05, 4.69) is 39.8 Å². The summed E-state index contributed by atoms with van der Waals surface area (Å²) in [7, 11) is 0. The van der Waals surface area contributed by atoms with E-state index in [1.54, 1.807) is 0 Å². The van der Waals surface area contributed by atoms with E-state index in [-0.39, 0.29) is 0 Å². The highest BCUT2D eigenvalue weighted by Crippen LogP contribution is 2.29. The molecule has 0 heterocycles. The number of aryl methyl sites for hydroxylation is 2. The van der Waals surface area contributed by atoms with E-state index in [4.69, 9.17) is 0 Å². The lowest BCUT2D eigenvalue weighted by Crippen LogP contribution is -2.02. The fraction of sp³-hybridized carbons (Fsp3) is 0.429. The molecular weight excluding hydrogens is 168 g/mol. The second-order valence-corrected chi connectivity index (χ2v) is 4.51. The van der Waals surface area contributed by atoms with Crippen LogP contribution in [-0.4, -0.2) is 0 Å². The van der Waals surface area contributed by atoms with Gasteiger partial charge < -0.3 is 0 Å². The zero-order valence-electron chi connectivity index (χ0n) is 9.57. The van der Waals surface area contributed by atoms with Crippen LogP contribution >= 0.6 is 0 Å². The molecule has 0 atom stereocenters. The maximum atomic E-state index is 2.36. The highest BCUT2D eigenvalue weighted by Gasteiger charge is 2.12. The van der Waals surface area contributed by atoms with E-state index in [1.165, 1.54) is 46.2 Å².